The Morgan fingerprint density at radius 1 is 1.37 bits per heavy atom. The summed E-state index contributed by atoms with van der Waals surface area (Å²) in [5.74, 6) is 1.11. The molecule has 0 radical (unpaired) electrons. The van der Waals surface area contributed by atoms with Crippen molar-refractivity contribution in [3.8, 4) is 11.5 Å². The highest BCUT2D eigenvalue weighted by Gasteiger charge is 2.15. The molecule has 100 valence electrons. The van der Waals surface area contributed by atoms with Crippen LogP contribution in [0, 0.1) is 0 Å². The monoisotopic (exact) mass is 260 g/mol. The maximum absolute atomic E-state index is 11.6. The van der Waals surface area contributed by atoms with E-state index < -0.39 is 0 Å². The van der Waals surface area contributed by atoms with Crippen LogP contribution < -0.4 is 14.8 Å². The number of pyridine rings is 1. The number of methoxy groups -OCH3 is 2. The predicted octanol–water partition coefficient (Wildman–Crippen LogP) is 2.60. The largest absolute Gasteiger partial charge is 0.493 e. The second-order valence-corrected chi connectivity index (χ2v) is 3.96. The van der Waals surface area contributed by atoms with Crippen molar-refractivity contribution in [2.75, 3.05) is 19.5 Å². The molecule has 0 atom stereocenters. The Morgan fingerprint density at radius 3 is 2.79 bits per heavy atom. The maximum Gasteiger partial charge on any atom is 0.224 e. The average molecular weight is 260 g/mol. The average Bonchev–Trinajstić information content (AvgIpc) is 2.46. The smallest absolute Gasteiger partial charge is 0.224 e. The lowest BCUT2D eigenvalue weighted by atomic mass is 10.1. The Labute approximate surface area is 111 Å². The molecule has 1 aromatic heterocycles. The van der Waals surface area contributed by atoms with Crippen molar-refractivity contribution in [2.45, 2.75) is 13.3 Å². The predicted molar refractivity (Wildman–Crippen MR) is 73.8 cm³/mol. The summed E-state index contributed by atoms with van der Waals surface area (Å²) in [7, 11) is 3.14. The molecule has 5 nitrogen and oxygen atoms in total. The lowest BCUT2D eigenvalue weighted by Gasteiger charge is -2.14. The topological polar surface area (TPSA) is 60.5 Å². The normalized spacial score (nSPS) is 10.3. The minimum absolute atomic E-state index is 0.0702. The summed E-state index contributed by atoms with van der Waals surface area (Å²) in [6.45, 7) is 1.80. The fourth-order valence-electron chi connectivity index (χ4n) is 1.90. The number of nitrogens with zero attached hydrogens (tertiary/aromatic N) is 1. The number of amides is 1. The van der Waals surface area contributed by atoms with Crippen molar-refractivity contribution in [1.82, 2.24) is 4.98 Å². The van der Waals surface area contributed by atoms with Gasteiger partial charge >= 0.3 is 0 Å². The summed E-state index contributed by atoms with van der Waals surface area (Å²) in [6, 6.07) is 5.42. The third-order valence-electron chi connectivity index (χ3n) is 2.83. The van der Waals surface area contributed by atoms with Gasteiger partial charge in [0.1, 0.15) is 0 Å². The molecule has 0 bridgehead atoms. The van der Waals surface area contributed by atoms with Gasteiger partial charge in [0.15, 0.2) is 11.5 Å². The summed E-state index contributed by atoms with van der Waals surface area (Å²) in [6.07, 6.45) is 2.08. The van der Waals surface area contributed by atoms with Gasteiger partial charge in [-0.1, -0.05) is 6.92 Å². The third-order valence-corrected chi connectivity index (χ3v) is 2.83. The van der Waals surface area contributed by atoms with Gasteiger partial charge in [-0.15, -0.1) is 0 Å². The van der Waals surface area contributed by atoms with Crippen molar-refractivity contribution in [3.63, 3.8) is 0 Å². The molecular formula is C14H16N2O3. The number of rotatable bonds is 4. The number of carbonyl (C=O) groups is 1. The van der Waals surface area contributed by atoms with Crippen LogP contribution in [0.2, 0.25) is 0 Å². The van der Waals surface area contributed by atoms with Gasteiger partial charge in [0.05, 0.1) is 25.4 Å². The van der Waals surface area contributed by atoms with E-state index in [4.69, 9.17) is 9.47 Å². The molecule has 1 aromatic carbocycles. The van der Waals surface area contributed by atoms with Gasteiger partial charge < -0.3 is 14.8 Å². The first-order chi connectivity index (χ1) is 9.21. The van der Waals surface area contributed by atoms with E-state index in [1.54, 1.807) is 33.4 Å². The van der Waals surface area contributed by atoms with Crippen molar-refractivity contribution in [3.05, 3.63) is 24.4 Å². The summed E-state index contributed by atoms with van der Waals surface area (Å²) < 4.78 is 10.7. The molecule has 19 heavy (non-hydrogen) atoms. The summed E-state index contributed by atoms with van der Waals surface area (Å²) in [5, 5.41) is 3.63. The molecule has 0 aliphatic carbocycles. The fraction of sp³-hybridized carbons (Fsp3) is 0.286. The first-order valence-corrected chi connectivity index (χ1v) is 6.00. The van der Waals surface area contributed by atoms with Crippen molar-refractivity contribution in [2.24, 2.45) is 0 Å². The molecule has 0 fully saturated rings. The number of nitrogens with one attached hydrogen (secondary N) is 1. The highest BCUT2D eigenvalue weighted by atomic mass is 16.5. The van der Waals surface area contributed by atoms with Crippen LogP contribution >= 0.6 is 0 Å². The lowest BCUT2D eigenvalue weighted by Crippen LogP contribution is -2.10. The van der Waals surface area contributed by atoms with E-state index in [0.717, 1.165) is 5.39 Å². The zero-order chi connectivity index (χ0) is 13.8. The molecule has 2 aromatic rings. The summed E-state index contributed by atoms with van der Waals surface area (Å²) in [5.41, 5.74) is 1.31. The molecule has 0 saturated carbocycles. The number of benzene rings is 1. The van der Waals surface area contributed by atoms with Crippen molar-refractivity contribution in [1.29, 1.82) is 0 Å². The maximum atomic E-state index is 11.6. The van der Waals surface area contributed by atoms with Crippen LogP contribution in [-0.4, -0.2) is 25.1 Å². The molecule has 0 saturated heterocycles. The van der Waals surface area contributed by atoms with E-state index in [9.17, 15) is 4.79 Å². The third kappa shape index (κ3) is 2.45. The number of fused-ring (bicyclic) bond motifs is 1. The van der Waals surface area contributed by atoms with E-state index in [1.807, 2.05) is 12.1 Å². The quantitative estimate of drug-likeness (QED) is 0.918. The standard InChI is InChI=1S/C14H16N2O3/c1-4-12(17)16-10-8-11(18-2)14(19-3)9-6-5-7-15-13(9)10/h5-8H,4H2,1-3H3,(H,16,17). The minimum atomic E-state index is -0.0702. The molecular weight excluding hydrogens is 244 g/mol. The Balaban J connectivity index is 2.66. The Hall–Kier alpha value is -2.30. The van der Waals surface area contributed by atoms with Crippen LogP contribution in [0.3, 0.4) is 0 Å². The molecule has 0 spiro atoms. The van der Waals surface area contributed by atoms with E-state index in [-0.39, 0.29) is 5.91 Å². The van der Waals surface area contributed by atoms with Gasteiger partial charge in [-0.25, -0.2) is 0 Å². The molecule has 2 rings (SSSR count). The first-order valence-electron chi connectivity index (χ1n) is 6.00. The van der Waals surface area contributed by atoms with Crippen LogP contribution in [0.4, 0.5) is 5.69 Å². The molecule has 1 N–H and O–H groups in total. The number of hydrogen-bond donors (Lipinski definition) is 1. The number of anilines is 1. The summed E-state index contributed by atoms with van der Waals surface area (Å²) >= 11 is 0. The Morgan fingerprint density at radius 2 is 2.16 bits per heavy atom. The molecule has 5 heteroatoms. The molecule has 0 aliphatic heterocycles. The lowest BCUT2D eigenvalue weighted by molar-refractivity contribution is -0.115. The Kier molecular flexibility index (Phi) is 3.85. The molecule has 1 heterocycles. The van der Waals surface area contributed by atoms with Gasteiger partial charge in [-0.05, 0) is 12.1 Å². The van der Waals surface area contributed by atoms with Crippen LogP contribution in [0.1, 0.15) is 13.3 Å². The van der Waals surface area contributed by atoms with Gasteiger partial charge in [-0.2, -0.15) is 0 Å². The van der Waals surface area contributed by atoms with Crippen molar-refractivity contribution < 1.29 is 14.3 Å². The number of aromatic nitrogens is 1. The minimum Gasteiger partial charge on any atom is -0.493 e. The van der Waals surface area contributed by atoms with Crippen LogP contribution in [0.5, 0.6) is 11.5 Å². The van der Waals surface area contributed by atoms with Crippen LogP contribution in [-0.2, 0) is 4.79 Å². The first kappa shape index (κ1) is 13.1. The van der Waals surface area contributed by atoms with E-state index in [2.05, 4.69) is 10.3 Å². The molecule has 1 amide bonds. The van der Waals surface area contributed by atoms with Crippen molar-refractivity contribution >= 4 is 22.5 Å². The summed E-state index contributed by atoms with van der Waals surface area (Å²) in [4.78, 5) is 15.9. The van der Waals surface area contributed by atoms with Crippen LogP contribution in [0.15, 0.2) is 24.4 Å². The number of hydrogen-bond acceptors (Lipinski definition) is 4. The number of carbonyl (C=O) groups excluding carboxylic acids is 1. The van der Waals surface area contributed by atoms with E-state index in [0.29, 0.717) is 29.1 Å². The molecule has 0 aliphatic rings. The van der Waals surface area contributed by atoms with Crippen LogP contribution in [0.25, 0.3) is 10.9 Å². The van der Waals surface area contributed by atoms with Gasteiger partial charge in [0.25, 0.3) is 0 Å². The van der Waals surface area contributed by atoms with E-state index >= 15 is 0 Å². The fourth-order valence-corrected chi connectivity index (χ4v) is 1.90. The second kappa shape index (κ2) is 5.56. The van der Waals surface area contributed by atoms with Gasteiger partial charge in [0.2, 0.25) is 5.91 Å². The van der Waals surface area contributed by atoms with Gasteiger partial charge in [0, 0.05) is 24.1 Å². The zero-order valence-corrected chi connectivity index (χ0v) is 11.2. The highest BCUT2D eigenvalue weighted by molar-refractivity contribution is 6.03. The number of ether oxygens (including phenoxy) is 2. The van der Waals surface area contributed by atoms with E-state index in [1.165, 1.54) is 0 Å². The molecule has 0 unspecified atom stereocenters. The van der Waals surface area contributed by atoms with Gasteiger partial charge in [-0.3, -0.25) is 9.78 Å². The SMILES string of the molecule is CCC(=O)Nc1cc(OC)c(OC)c2cccnc12. The zero-order valence-electron chi connectivity index (χ0n) is 11.2. The Bertz CT molecular complexity index is 611. The highest BCUT2D eigenvalue weighted by Crippen LogP contribution is 2.39. The second-order valence-electron chi connectivity index (χ2n) is 3.96.